The van der Waals surface area contributed by atoms with Gasteiger partial charge in [0.15, 0.2) is 0 Å². The van der Waals surface area contributed by atoms with Crippen LogP contribution in [-0.2, 0) is 16.1 Å². The zero-order chi connectivity index (χ0) is 27.4. The van der Waals surface area contributed by atoms with E-state index in [1.54, 1.807) is 12.1 Å². The first-order chi connectivity index (χ1) is 18.9. The number of hydrogen-bond donors (Lipinski definition) is 2. The van der Waals surface area contributed by atoms with Crippen LogP contribution >= 0.6 is 0 Å². The Balaban J connectivity index is 1.18. The van der Waals surface area contributed by atoms with E-state index in [0.29, 0.717) is 11.3 Å². The number of amides is 2. The van der Waals surface area contributed by atoms with E-state index >= 15 is 4.39 Å². The molecule has 1 aliphatic carbocycles. The Labute approximate surface area is 228 Å². The van der Waals surface area contributed by atoms with Crippen LogP contribution in [0.25, 0.3) is 11.3 Å². The first-order valence-corrected chi connectivity index (χ1v) is 13.2. The molecule has 0 radical (unpaired) electrons. The van der Waals surface area contributed by atoms with Crippen LogP contribution in [0.4, 0.5) is 14.9 Å². The molecule has 1 aliphatic heterocycles. The summed E-state index contributed by atoms with van der Waals surface area (Å²) in [4.78, 5) is 24.8. The van der Waals surface area contributed by atoms with Crippen LogP contribution in [0.5, 0.6) is 0 Å². The summed E-state index contributed by atoms with van der Waals surface area (Å²) >= 11 is 0. The molecule has 2 aliphatic rings. The zero-order valence-corrected chi connectivity index (χ0v) is 22.2. The van der Waals surface area contributed by atoms with E-state index in [1.807, 2.05) is 30.6 Å². The van der Waals surface area contributed by atoms with E-state index in [9.17, 15) is 9.59 Å². The van der Waals surface area contributed by atoms with Gasteiger partial charge in [0.25, 0.3) is 0 Å². The molecule has 1 saturated heterocycles. The van der Waals surface area contributed by atoms with E-state index in [4.69, 9.17) is 4.74 Å². The Morgan fingerprint density at radius 2 is 1.79 bits per heavy atom. The molecule has 5 rings (SSSR count). The number of aromatic nitrogens is 1. The summed E-state index contributed by atoms with van der Waals surface area (Å²) in [5, 5.41) is 6.17. The molecule has 39 heavy (non-hydrogen) atoms. The van der Waals surface area contributed by atoms with Crippen LogP contribution in [0, 0.1) is 11.7 Å². The van der Waals surface area contributed by atoms with Crippen LogP contribution < -0.4 is 15.5 Å². The van der Waals surface area contributed by atoms with Crippen LogP contribution in [0.2, 0.25) is 0 Å². The summed E-state index contributed by atoms with van der Waals surface area (Å²) in [5.41, 5.74) is 5.56. The molecule has 0 saturated carbocycles. The molecular weight excluding hydrogens is 495 g/mol. The molecule has 2 atom stereocenters. The van der Waals surface area contributed by atoms with Gasteiger partial charge in [-0.25, -0.2) is 9.18 Å². The normalized spacial score (nSPS) is 18.9. The number of halogens is 1. The summed E-state index contributed by atoms with van der Waals surface area (Å²) in [6, 6.07) is 17.4. The molecular formula is C31H33FN4O3. The third-order valence-corrected chi connectivity index (χ3v) is 7.15. The second-order valence-corrected chi connectivity index (χ2v) is 10.1. The smallest absolute Gasteiger partial charge is 0.414 e. The summed E-state index contributed by atoms with van der Waals surface area (Å²) in [5.74, 6) is -0.407. The highest BCUT2D eigenvalue weighted by Gasteiger charge is 2.33. The molecule has 1 unspecified atom stereocenters. The molecule has 7 nitrogen and oxygen atoms in total. The number of anilines is 1. The molecule has 2 aromatic carbocycles. The highest BCUT2D eigenvalue weighted by molar-refractivity contribution is 5.90. The van der Waals surface area contributed by atoms with E-state index in [1.165, 1.54) is 29.0 Å². The lowest BCUT2D eigenvalue weighted by atomic mass is 9.84. The minimum atomic E-state index is -0.542. The van der Waals surface area contributed by atoms with E-state index in [2.05, 4.69) is 52.5 Å². The first-order valence-electron chi connectivity index (χ1n) is 13.2. The van der Waals surface area contributed by atoms with Crippen molar-refractivity contribution >= 4 is 23.3 Å². The average Bonchev–Trinajstić information content (AvgIpc) is 3.58. The number of hydrogen-bond acceptors (Lipinski definition) is 4. The van der Waals surface area contributed by atoms with Gasteiger partial charge in [0.05, 0.1) is 18.8 Å². The Morgan fingerprint density at radius 1 is 1.05 bits per heavy atom. The van der Waals surface area contributed by atoms with Crippen LogP contribution in [0.3, 0.4) is 0 Å². The number of nitrogens with one attached hydrogen (secondary N) is 2. The third kappa shape index (κ3) is 6.29. The fourth-order valence-electron chi connectivity index (χ4n) is 5.09. The Kier molecular flexibility index (Phi) is 7.93. The molecule has 1 aromatic heterocycles. The van der Waals surface area contributed by atoms with Gasteiger partial charge in [0.1, 0.15) is 11.9 Å². The second-order valence-electron chi connectivity index (χ2n) is 10.1. The zero-order valence-electron chi connectivity index (χ0n) is 22.2. The number of rotatable bonds is 9. The maximum absolute atomic E-state index is 15.2. The molecule has 8 heteroatoms. The first kappa shape index (κ1) is 26.4. The van der Waals surface area contributed by atoms with E-state index < -0.39 is 12.2 Å². The van der Waals surface area contributed by atoms with Crippen molar-refractivity contribution in [1.29, 1.82) is 0 Å². The van der Waals surface area contributed by atoms with Gasteiger partial charge in [-0.2, -0.15) is 0 Å². The van der Waals surface area contributed by atoms with Crippen LogP contribution in [0.15, 0.2) is 84.7 Å². The van der Waals surface area contributed by atoms with Crippen LogP contribution in [0.1, 0.15) is 31.4 Å². The summed E-state index contributed by atoms with van der Waals surface area (Å²) in [7, 11) is 0. The highest BCUT2D eigenvalue weighted by Crippen LogP contribution is 2.35. The van der Waals surface area contributed by atoms with E-state index in [-0.39, 0.29) is 30.7 Å². The van der Waals surface area contributed by atoms with Gasteiger partial charge in [0, 0.05) is 43.7 Å². The summed E-state index contributed by atoms with van der Waals surface area (Å²) < 4.78 is 22.6. The lowest BCUT2D eigenvalue weighted by Gasteiger charge is -2.23. The average molecular weight is 529 g/mol. The van der Waals surface area contributed by atoms with Crippen molar-refractivity contribution in [2.24, 2.45) is 5.92 Å². The Hall–Kier alpha value is -4.17. The largest absolute Gasteiger partial charge is 0.442 e. The van der Waals surface area contributed by atoms with Crippen molar-refractivity contribution in [2.75, 3.05) is 24.5 Å². The predicted molar refractivity (Wildman–Crippen MR) is 150 cm³/mol. The maximum Gasteiger partial charge on any atom is 0.414 e. The van der Waals surface area contributed by atoms with Gasteiger partial charge in [-0.05, 0) is 65.9 Å². The number of nitrogens with zero attached hydrogens (tertiary/aromatic N) is 2. The minimum Gasteiger partial charge on any atom is -0.442 e. The van der Waals surface area contributed by atoms with Crippen molar-refractivity contribution in [3.05, 3.63) is 102 Å². The molecule has 202 valence electrons. The fraction of sp³-hybridized carbons (Fsp3) is 0.290. The number of cyclic esters (lactones) is 1. The lowest BCUT2D eigenvalue weighted by Crippen LogP contribution is -2.33. The molecule has 3 aromatic rings. The minimum absolute atomic E-state index is 0.159. The van der Waals surface area contributed by atoms with Crippen molar-refractivity contribution < 1.29 is 18.7 Å². The van der Waals surface area contributed by atoms with Gasteiger partial charge in [-0.1, -0.05) is 36.8 Å². The topological polar surface area (TPSA) is 75.6 Å². The number of benzene rings is 2. The number of ether oxygens (including phenoxy) is 1. The lowest BCUT2D eigenvalue weighted by molar-refractivity contribution is -0.119. The van der Waals surface area contributed by atoms with Crippen molar-refractivity contribution in [3.63, 3.8) is 0 Å². The molecule has 0 spiro atoms. The quantitative estimate of drug-likeness (QED) is 0.400. The Bertz CT molecular complexity index is 1400. The molecule has 2 amide bonds. The predicted octanol–water partition coefficient (Wildman–Crippen LogP) is 5.22. The van der Waals surface area contributed by atoms with Crippen molar-refractivity contribution in [3.8, 4) is 5.69 Å². The van der Waals surface area contributed by atoms with Crippen molar-refractivity contribution in [1.82, 2.24) is 15.2 Å². The molecule has 1 fully saturated rings. The third-order valence-electron chi connectivity index (χ3n) is 7.15. The number of allylic oxidation sites excluding steroid dienone is 3. The highest BCUT2D eigenvalue weighted by atomic mass is 19.1. The maximum atomic E-state index is 15.2. The fourth-order valence-corrected chi connectivity index (χ4v) is 5.09. The number of carbonyl (C=O) groups is 2. The van der Waals surface area contributed by atoms with Crippen molar-refractivity contribution in [2.45, 2.75) is 32.9 Å². The van der Waals surface area contributed by atoms with Gasteiger partial charge in [0.2, 0.25) is 5.91 Å². The SMILES string of the molecule is CC(=O)NC[C@H]1CN(c2ccc(C3=CC=C(CNCc4ccc(-n5cccc5)cc4)CC3C)c(F)c2)C(=O)O1. The van der Waals surface area contributed by atoms with Gasteiger partial charge >= 0.3 is 6.09 Å². The monoisotopic (exact) mass is 528 g/mol. The van der Waals surface area contributed by atoms with Gasteiger partial charge in [-0.3, -0.25) is 9.69 Å². The van der Waals surface area contributed by atoms with Crippen LogP contribution in [-0.4, -0.2) is 42.3 Å². The van der Waals surface area contributed by atoms with E-state index in [0.717, 1.165) is 30.8 Å². The molecule has 2 heterocycles. The Morgan fingerprint density at radius 3 is 2.49 bits per heavy atom. The van der Waals surface area contributed by atoms with Gasteiger partial charge < -0.3 is 19.9 Å². The summed E-state index contributed by atoms with van der Waals surface area (Å²) in [6.45, 7) is 5.54. The summed E-state index contributed by atoms with van der Waals surface area (Å²) in [6.07, 6.45) is 7.98. The second kappa shape index (κ2) is 11.7. The number of carbonyl (C=O) groups excluding carboxylic acids is 2. The standard InChI is InChI=1S/C31H33FN4O3/c1-21-15-24(18-33-17-23-5-8-25(9-6-23)35-13-3-4-14-35)7-11-28(21)29-12-10-26(16-30(29)32)36-20-27(39-31(36)38)19-34-22(2)37/h3-14,16,21,27,33H,15,17-20H2,1-2H3,(H,34,37)/t21?,27-/m0/s1. The van der Waals surface area contributed by atoms with Gasteiger partial charge in [-0.15, -0.1) is 0 Å². The molecule has 0 bridgehead atoms. The molecule has 2 N–H and O–H groups in total.